The Morgan fingerprint density at radius 3 is 1.86 bits per heavy atom. The number of hydrogen-bond acceptors (Lipinski definition) is 3. The van der Waals surface area contributed by atoms with E-state index >= 15 is 0 Å². The van der Waals surface area contributed by atoms with Crippen LogP contribution in [0.5, 0.6) is 0 Å². The van der Waals surface area contributed by atoms with Gasteiger partial charge in [-0.2, -0.15) is 0 Å². The van der Waals surface area contributed by atoms with E-state index in [2.05, 4.69) is 241 Å². The van der Waals surface area contributed by atoms with Crippen LogP contribution in [0.1, 0.15) is 25.0 Å². The molecule has 4 aromatic heterocycles. The molecule has 0 spiro atoms. The molecule has 5 nitrogen and oxygen atoms in total. The Balaban J connectivity index is 1.01. The average molecular weight is 919 g/mol. The van der Waals surface area contributed by atoms with Crippen LogP contribution >= 0.6 is 0 Å². The van der Waals surface area contributed by atoms with Crippen LogP contribution in [-0.4, -0.2) is 19.1 Å². The molecule has 0 unspecified atom stereocenters. The van der Waals surface area contributed by atoms with E-state index in [-0.39, 0.29) is 5.41 Å². The average Bonchev–Trinajstić information content (AvgIpc) is 4.16. The van der Waals surface area contributed by atoms with Gasteiger partial charge in [-0.05, 0) is 116 Å². The fraction of sp³-hybridized carbons (Fsp3) is 0.0448. The molecule has 0 bridgehead atoms. The van der Waals surface area contributed by atoms with Crippen molar-refractivity contribution in [2.45, 2.75) is 19.3 Å². The highest BCUT2D eigenvalue weighted by atomic mass is 16.3. The summed E-state index contributed by atoms with van der Waals surface area (Å²) < 4.78 is 11.8. The van der Waals surface area contributed by atoms with Gasteiger partial charge in [0.15, 0.2) is 5.58 Å². The second kappa shape index (κ2) is 14.4. The van der Waals surface area contributed by atoms with Crippen LogP contribution in [0.3, 0.4) is 0 Å². The predicted molar refractivity (Wildman–Crippen MR) is 299 cm³/mol. The SMILES string of the molecule is CC1(C)c2ccccc2-c2ccc(-c3nc(-n4c5ccc(-c6ccc7c(c6)c6ccccc6n7-c6ccccc6)cc5c5c6ccccc6c6c7ccccc7oc6c54)nc4ccc5ccccc5c34)cc21. The lowest BCUT2D eigenvalue weighted by atomic mass is 9.81. The summed E-state index contributed by atoms with van der Waals surface area (Å²) in [6.45, 7) is 4.69. The van der Waals surface area contributed by atoms with E-state index in [0.717, 1.165) is 104 Å². The zero-order valence-corrected chi connectivity index (χ0v) is 39.5. The molecule has 15 aromatic rings. The van der Waals surface area contributed by atoms with Crippen molar-refractivity contribution in [1.29, 1.82) is 0 Å². The lowest BCUT2D eigenvalue weighted by Crippen LogP contribution is -2.15. The van der Waals surface area contributed by atoms with E-state index in [9.17, 15) is 0 Å². The van der Waals surface area contributed by atoms with Crippen LogP contribution in [0.4, 0.5) is 0 Å². The molecule has 4 heterocycles. The van der Waals surface area contributed by atoms with Crippen molar-refractivity contribution in [2.24, 2.45) is 0 Å². The summed E-state index contributed by atoms with van der Waals surface area (Å²) >= 11 is 0. The molecule has 0 radical (unpaired) electrons. The third-order valence-corrected chi connectivity index (χ3v) is 15.9. The molecule has 336 valence electrons. The zero-order chi connectivity index (χ0) is 47.4. The highest BCUT2D eigenvalue weighted by molar-refractivity contribution is 6.35. The molecule has 0 N–H and O–H groups in total. The van der Waals surface area contributed by atoms with Gasteiger partial charge in [-0.15, -0.1) is 0 Å². The Bertz CT molecular complexity index is 4840. The molecule has 1 aliphatic rings. The Hall–Kier alpha value is -9.32. The van der Waals surface area contributed by atoms with Crippen LogP contribution in [0.15, 0.2) is 223 Å². The van der Waals surface area contributed by atoms with Crippen LogP contribution in [0.25, 0.3) is 143 Å². The molecule has 72 heavy (non-hydrogen) atoms. The van der Waals surface area contributed by atoms with Crippen LogP contribution in [-0.2, 0) is 5.41 Å². The van der Waals surface area contributed by atoms with E-state index in [4.69, 9.17) is 14.4 Å². The first-order chi connectivity index (χ1) is 35.5. The quantitative estimate of drug-likeness (QED) is 0.165. The number of hydrogen-bond donors (Lipinski definition) is 0. The minimum Gasteiger partial charge on any atom is -0.454 e. The van der Waals surface area contributed by atoms with Gasteiger partial charge >= 0.3 is 0 Å². The van der Waals surface area contributed by atoms with Crippen LogP contribution in [0, 0.1) is 0 Å². The topological polar surface area (TPSA) is 48.8 Å². The van der Waals surface area contributed by atoms with Crippen molar-refractivity contribution < 1.29 is 4.42 Å². The van der Waals surface area contributed by atoms with Crippen molar-refractivity contribution in [2.75, 3.05) is 0 Å². The molecule has 1 aliphatic carbocycles. The maximum absolute atomic E-state index is 7.09. The summed E-state index contributed by atoms with van der Waals surface area (Å²) in [7, 11) is 0. The molecule has 11 aromatic carbocycles. The fourth-order valence-corrected chi connectivity index (χ4v) is 12.6. The maximum atomic E-state index is 7.09. The molecule has 0 saturated heterocycles. The Morgan fingerprint density at radius 2 is 1.03 bits per heavy atom. The molecule has 0 atom stereocenters. The second-order valence-corrected chi connectivity index (χ2v) is 20.0. The van der Waals surface area contributed by atoms with Gasteiger partial charge in [-0.3, -0.25) is 4.57 Å². The largest absolute Gasteiger partial charge is 0.454 e. The summed E-state index contributed by atoms with van der Waals surface area (Å²) in [4.78, 5) is 11.4. The highest BCUT2D eigenvalue weighted by Crippen LogP contribution is 2.51. The third-order valence-electron chi connectivity index (χ3n) is 15.9. The van der Waals surface area contributed by atoms with Gasteiger partial charge in [0.2, 0.25) is 5.95 Å². The van der Waals surface area contributed by atoms with E-state index in [1.54, 1.807) is 0 Å². The summed E-state index contributed by atoms with van der Waals surface area (Å²) in [6.07, 6.45) is 0. The number of nitrogens with zero attached hydrogens (tertiary/aromatic N) is 4. The van der Waals surface area contributed by atoms with Crippen LogP contribution in [0.2, 0.25) is 0 Å². The molecule has 0 amide bonds. The zero-order valence-electron chi connectivity index (χ0n) is 39.5. The van der Waals surface area contributed by atoms with Gasteiger partial charge in [-0.25, -0.2) is 9.97 Å². The lowest BCUT2D eigenvalue weighted by Gasteiger charge is -2.22. The molecular weight excluding hydrogens is 877 g/mol. The Morgan fingerprint density at radius 1 is 0.403 bits per heavy atom. The monoisotopic (exact) mass is 918 g/mol. The fourth-order valence-electron chi connectivity index (χ4n) is 12.6. The smallest absolute Gasteiger partial charge is 0.235 e. The second-order valence-electron chi connectivity index (χ2n) is 20.0. The Labute approximate surface area is 413 Å². The molecule has 5 heteroatoms. The number of fused-ring (bicyclic) bond motifs is 19. The van der Waals surface area contributed by atoms with E-state index < -0.39 is 0 Å². The molecular formula is C67H42N4O. The number of para-hydroxylation sites is 3. The van der Waals surface area contributed by atoms with Gasteiger partial charge in [0.1, 0.15) is 11.1 Å². The first-order valence-corrected chi connectivity index (χ1v) is 24.8. The highest BCUT2D eigenvalue weighted by Gasteiger charge is 2.36. The predicted octanol–water partition coefficient (Wildman–Crippen LogP) is 17.7. The van der Waals surface area contributed by atoms with Gasteiger partial charge < -0.3 is 8.98 Å². The molecule has 0 aliphatic heterocycles. The van der Waals surface area contributed by atoms with Crippen molar-refractivity contribution in [1.82, 2.24) is 19.1 Å². The minimum atomic E-state index is -0.183. The number of benzene rings is 11. The normalized spacial score (nSPS) is 13.2. The van der Waals surface area contributed by atoms with Crippen molar-refractivity contribution in [3.63, 3.8) is 0 Å². The van der Waals surface area contributed by atoms with E-state index in [1.165, 1.54) is 44.1 Å². The molecule has 0 fully saturated rings. The maximum Gasteiger partial charge on any atom is 0.235 e. The summed E-state index contributed by atoms with van der Waals surface area (Å²) in [5.41, 5.74) is 17.3. The number of rotatable bonds is 4. The van der Waals surface area contributed by atoms with Crippen molar-refractivity contribution in [3.05, 3.63) is 230 Å². The lowest BCUT2D eigenvalue weighted by molar-refractivity contribution is 0.660. The Kier molecular flexibility index (Phi) is 7.89. The molecule has 0 saturated carbocycles. The van der Waals surface area contributed by atoms with E-state index in [0.29, 0.717) is 5.95 Å². The van der Waals surface area contributed by atoms with Gasteiger partial charge in [0.05, 0.1) is 27.8 Å². The van der Waals surface area contributed by atoms with Crippen LogP contribution < -0.4 is 0 Å². The van der Waals surface area contributed by atoms with Gasteiger partial charge in [-0.1, -0.05) is 172 Å². The standard InChI is InChI=1S/C67H42N4O/c1-67(2)53-25-13-10-20-45(53)46-32-28-42(38-54(46)67)63-62-44-19-7-6-16-39(44)29-33-55(62)68-66(69-63)71-58-35-31-41(40-30-34-57-51(36-40)47-21-11-14-26-56(47)70(57)43-17-4-3-5-18-43)37-52(58)60-48-22-8-9-23-49(48)61-50-24-12-15-27-59(50)72-65(61)64(60)71/h3-38H,1-2H3. The van der Waals surface area contributed by atoms with E-state index in [1.807, 2.05) is 0 Å². The summed E-state index contributed by atoms with van der Waals surface area (Å²) in [5, 5.41) is 12.4. The molecule has 16 rings (SSSR count). The summed E-state index contributed by atoms with van der Waals surface area (Å²) in [6, 6.07) is 79.2. The number of aromatic nitrogens is 4. The first kappa shape index (κ1) is 39.5. The third kappa shape index (κ3) is 5.31. The van der Waals surface area contributed by atoms with Gasteiger partial charge in [0.25, 0.3) is 0 Å². The summed E-state index contributed by atoms with van der Waals surface area (Å²) in [5.74, 6) is 0.593. The minimum absolute atomic E-state index is 0.183. The van der Waals surface area contributed by atoms with Crippen molar-refractivity contribution in [3.8, 4) is 45.1 Å². The van der Waals surface area contributed by atoms with Gasteiger partial charge in [0, 0.05) is 54.4 Å². The van der Waals surface area contributed by atoms with Crippen molar-refractivity contribution >= 4 is 98.0 Å². The first-order valence-electron chi connectivity index (χ1n) is 24.8. The number of furan rings is 1.